The summed E-state index contributed by atoms with van der Waals surface area (Å²) >= 11 is 4.90. The van der Waals surface area contributed by atoms with Gasteiger partial charge in [0.05, 0.1) is 6.54 Å². The number of amides is 1. The monoisotopic (exact) mass is 313 g/mol. The number of nitrogens with one attached hydrogen (secondary N) is 1. The normalized spacial score (nSPS) is 10.2. The fraction of sp³-hybridized carbons (Fsp3) is 0.0833. The fourth-order valence-electron chi connectivity index (χ4n) is 1.35. The Morgan fingerprint density at radius 2 is 2.24 bits per heavy atom. The van der Waals surface area contributed by atoms with Crippen molar-refractivity contribution in [2.75, 3.05) is 0 Å². The van der Waals surface area contributed by atoms with Crippen LogP contribution in [-0.2, 0) is 6.54 Å². The Kier molecular flexibility index (Phi) is 3.91. The van der Waals surface area contributed by atoms with E-state index < -0.39 is 5.82 Å². The van der Waals surface area contributed by atoms with Crippen molar-refractivity contribution >= 4 is 33.2 Å². The van der Waals surface area contributed by atoms with Crippen molar-refractivity contribution in [2.45, 2.75) is 6.54 Å². The van der Waals surface area contributed by atoms with Crippen molar-refractivity contribution in [3.05, 3.63) is 56.4 Å². The Bertz CT molecular complexity index is 541. The Balaban J connectivity index is 1.98. The molecule has 0 unspecified atom stereocenters. The van der Waals surface area contributed by atoms with E-state index in [9.17, 15) is 9.18 Å². The maximum absolute atomic E-state index is 12.9. The van der Waals surface area contributed by atoms with Crippen molar-refractivity contribution < 1.29 is 9.18 Å². The highest BCUT2D eigenvalue weighted by Crippen LogP contribution is 2.19. The predicted octanol–water partition coefficient (Wildman–Crippen LogP) is 3.58. The average Bonchev–Trinajstić information content (AvgIpc) is 2.72. The van der Waals surface area contributed by atoms with Gasteiger partial charge in [0.2, 0.25) is 0 Å². The van der Waals surface area contributed by atoms with Gasteiger partial charge in [-0.15, -0.1) is 11.3 Å². The van der Waals surface area contributed by atoms with Crippen molar-refractivity contribution in [3.8, 4) is 0 Å². The summed E-state index contributed by atoms with van der Waals surface area (Å²) in [7, 11) is 0. The summed E-state index contributed by atoms with van der Waals surface area (Å²) in [5.74, 6) is -0.675. The summed E-state index contributed by atoms with van der Waals surface area (Å²) in [6.07, 6.45) is 0. The molecule has 0 aliphatic rings. The van der Waals surface area contributed by atoms with E-state index >= 15 is 0 Å². The Hall–Kier alpha value is -1.20. The van der Waals surface area contributed by atoms with Gasteiger partial charge in [-0.05, 0) is 40.2 Å². The summed E-state index contributed by atoms with van der Waals surface area (Å²) in [6, 6.07) is 7.58. The van der Waals surface area contributed by atoms with Gasteiger partial charge in [-0.1, -0.05) is 6.07 Å². The van der Waals surface area contributed by atoms with Crippen LogP contribution in [0.2, 0.25) is 0 Å². The minimum absolute atomic E-state index is 0.269. The number of hydrogen-bond donors (Lipinski definition) is 1. The highest BCUT2D eigenvalue weighted by atomic mass is 79.9. The first-order valence-corrected chi connectivity index (χ1v) is 6.59. The third-order valence-electron chi connectivity index (χ3n) is 2.13. The van der Waals surface area contributed by atoms with E-state index in [4.69, 9.17) is 0 Å². The van der Waals surface area contributed by atoms with Gasteiger partial charge in [0, 0.05) is 20.3 Å². The lowest BCUT2D eigenvalue weighted by molar-refractivity contribution is 0.0951. The minimum atomic E-state index is -0.406. The SMILES string of the molecule is O=C(NCc1cc(Br)cs1)c1cccc(F)c1. The molecule has 0 saturated carbocycles. The summed E-state index contributed by atoms with van der Waals surface area (Å²) in [5.41, 5.74) is 0.334. The number of benzene rings is 1. The first-order valence-electron chi connectivity index (χ1n) is 4.92. The number of hydrogen-bond acceptors (Lipinski definition) is 2. The highest BCUT2D eigenvalue weighted by Gasteiger charge is 2.06. The quantitative estimate of drug-likeness (QED) is 0.922. The van der Waals surface area contributed by atoms with Gasteiger partial charge in [-0.3, -0.25) is 4.79 Å². The molecule has 0 aliphatic heterocycles. The van der Waals surface area contributed by atoms with Crippen LogP contribution < -0.4 is 5.32 Å². The third kappa shape index (κ3) is 3.38. The first-order chi connectivity index (χ1) is 8.15. The van der Waals surface area contributed by atoms with Gasteiger partial charge >= 0.3 is 0 Å². The van der Waals surface area contributed by atoms with Crippen LogP contribution in [0.25, 0.3) is 0 Å². The molecule has 2 nitrogen and oxygen atoms in total. The molecule has 0 saturated heterocycles. The second-order valence-electron chi connectivity index (χ2n) is 3.42. The van der Waals surface area contributed by atoms with Gasteiger partial charge < -0.3 is 5.32 Å². The summed E-state index contributed by atoms with van der Waals surface area (Å²) in [4.78, 5) is 12.7. The number of thiophene rings is 1. The zero-order chi connectivity index (χ0) is 12.3. The lowest BCUT2D eigenvalue weighted by atomic mass is 10.2. The van der Waals surface area contributed by atoms with Crippen LogP contribution in [0.1, 0.15) is 15.2 Å². The molecule has 1 amide bonds. The standard InChI is InChI=1S/C12H9BrFNOS/c13-9-5-11(17-7-9)6-15-12(16)8-2-1-3-10(14)4-8/h1-5,7H,6H2,(H,15,16). The molecule has 2 aromatic rings. The van der Waals surface area contributed by atoms with Crippen molar-refractivity contribution in [2.24, 2.45) is 0 Å². The molecule has 1 aromatic heterocycles. The van der Waals surface area contributed by atoms with E-state index in [1.807, 2.05) is 11.4 Å². The fourth-order valence-corrected chi connectivity index (χ4v) is 2.74. The average molecular weight is 314 g/mol. The van der Waals surface area contributed by atoms with Crippen LogP contribution in [0.15, 0.2) is 40.2 Å². The minimum Gasteiger partial charge on any atom is -0.347 e. The Morgan fingerprint density at radius 1 is 1.41 bits per heavy atom. The number of carbonyl (C=O) groups excluding carboxylic acids is 1. The van der Waals surface area contributed by atoms with E-state index in [0.717, 1.165) is 9.35 Å². The molecule has 0 fully saturated rings. The smallest absolute Gasteiger partial charge is 0.251 e. The molecular formula is C12H9BrFNOS. The van der Waals surface area contributed by atoms with Crippen LogP contribution in [0.3, 0.4) is 0 Å². The first kappa shape index (κ1) is 12.3. The summed E-state index contributed by atoms with van der Waals surface area (Å²) < 4.78 is 13.9. The zero-order valence-electron chi connectivity index (χ0n) is 8.74. The van der Waals surface area contributed by atoms with E-state index in [-0.39, 0.29) is 5.91 Å². The van der Waals surface area contributed by atoms with Crippen LogP contribution in [-0.4, -0.2) is 5.91 Å². The van der Waals surface area contributed by atoms with E-state index in [1.165, 1.54) is 18.2 Å². The molecule has 2 rings (SSSR count). The molecule has 0 bridgehead atoms. The summed E-state index contributed by atoms with van der Waals surface area (Å²) in [5, 5.41) is 4.69. The topological polar surface area (TPSA) is 29.1 Å². The second kappa shape index (κ2) is 5.42. The number of carbonyl (C=O) groups is 1. The lowest BCUT2D eigenvalue weighted by Gasteiger charge is -2.03. The maximum Gasteiger partial charge on any atom is 0.251 e. The molecule has 0 aliphatic carbocycles. The number of rotatable bonds is 3. The van der Waals surface area contributed by atoms with Crippen molar-refractivity contribution in [1.82, 2.24) is 5.32 Å². The lowest BCUT2D eigenvalue weighted by Crippen LogP contribution is -2.22. The van der Waals surface area contributed by atoms with Crippen LogP contribution in [0.5, 0.6) is 0 Å². The molecule has 1 aromatic carbocycles. The molecule has 5 heteroatoms. The molecular weight excluding hydrogens is 305 g/mol. The maximum atomic E-state index is 12.9. The van der Waals surface area contributed by atoms with Gasteiger partial charge in [-0.25, -0.2) is 4.39 Å². The number of halogens is 2. The molecule has 0 radical (unpaired) electrons. The molecule has 88 valence electrons. The van der Waals surface area contributed by atoms with Gasteiger partial charge in [0.15, 0.2) is 0 Å². The van der Waals surface area contributed by atoms with Gasteiger partial charge in [0.1, 0.15) is 5.82 Å². The molecule has 0 atom stereocenters. The van der Waals surface area contributed by atoms with Crippen molar-refractivity contribution in [1.29, 1.82) is 0 Å². The van der Waals surface area contributed by atoms with Crippen LogP contribution >= 0.6 is 27.3 Å². The Morgan fingerprint density at radius 3 is 2.88 bits per heavy atom. The largest absolute Gasteiger partial charge is 0.347 e. The van der Waals surface area contributed by atoms with Crippen molar-refractivity contribution in [3.63, 3.8) is 0 Å². The molecule has 1 heterocycles. The van der Waals surface area contributed by atoms with Crippen LogP contribution in [0, 0.1) is 5.82 Å². The molecule has 1 N–H and O–H groups in total. The Labute approximate surface area is 111 Å². The van der Waals surface area contributed by atoms with Gasteiger partial charge in [0.25, 0.3) is 5.91 Å². The zero-order valence-corrected chi connectivity index (χ0v) is 11.1. The van der Waals surface area contributed by atoms with E-state index in [2.05, 4.69) is 21.2 Å². The summed E-state index contributed by atoms with van der Waals surface area (Å²) in [6.45, 7) is 0.450. The van der Waals surface area contributed by atoms with Crippen LogP contribution in [0.4, 0.5) is 4.39 Å². The predicted molar refractivity (Wildman–Crippen MR) is 69.6 cm³/mol. The molecule has 17 heavy (non-hydrogen) atoms. The molecule has 0 spiro atoms. The third-order valence-corrected chi connectivity index (χ3v) is 3.83. The van der Waals surface area contributed by atoms with Gasteiger partial charge in [-0.2, -0.15) is 0 Å². The van der Waals surface area contributed by atoms with E-state index in [1.54, 1.807) is 17.4 Å². The van der Waals surface area contributed by atoms with E-state index in [0.29, 0.717) is 12.1 Å². The second-order valence-corrected chi connectivity index (χ2v) is 5.34. The highest BCUT2D eigenvalue weighted by molar-refractivity contribution is 9.10.